The summed E-state index contributed by atoms with van der Waals surface area (Å²) < 4.78 is 5.57. The lowest BCUT2D eigenvalue weighted by Gasteiger charge is -2.20. The number of likely N-dealkylation sites (N-methyl/N-ethyl adjacent to an activating group) is 1. The maximum atomic E-state index is 12.6. The number of ether oxygens (including phenoxy) is 1. The van der Waals surface area contributed by atoms with Gasteiger partial charge in [-0.25, -0.2) is 4.99 Å². The zero-order valence-electron chi connectivity index (χ0n) is 18.0. The Balaban J connectivity index is 1.50. The first-order chi connectivity index (χ1) is 14.7. The quantitative estimate of drug-likeness (QED) is 0.495. The van der Waals surface area contributed by atoms with Gasteiger partial charge in [-0.1, -0.05) is 42.5 Å². The standard InChI is InChI=1S/C24H32N4O2/c1-3-25-24(26-14-12-19-10-11-22-21(16-19)13-15-30-22)27-17-23(29)28(4-2)18-20-8-6-5-7-9-20/h5-11,16H,3-4,12-15,17-18H2,1-2H3,(H2,25,26,27). The van der Waals surface area contributed by atoms with E-state index >= 15 is 0 Å². The molecule has 2 aromatic rings. The smallest absolute Gasteiger partial charge is 0.244 e. The molecule has 0 bridgehead atoms. The molecular weight excluding hydrogens is 376 g/mol. The van der Waals surface area contributed by atoms with Gasteiger partial charge in [0.1, 0.15) is 12.3 Å². The minimum Gasteiger partial charge on any atom is -0.493 e. The van der Waals surface area contributed by atoms with Crippen LogP contribution in [0.25, 0.3) is 0 Å². The minimum absolute atomic E-state index is 0.0252. The number of aliphatic imine (C=N–C) groups is 1. The average Bonchev–Trinajstić information content (AvgIpc) is 3.24. The van der Waals surface area contributed by atoms with Crippen molar-refractivity contribution < 1.29 is 9.53 Å². The van der Waals surface area contributed by atoms with Gasteiger partial charge in [0.2, 0.25) is 5.91 Å². The van der Waals surface area contributed by atoms with Gasteiger partial charge in [0.15, 0.2) is 5.96 Å². The number of hydrogen-bond donors (Lipinski definition) is 2. The third kappa shape index (κ3) is 6.24. The fourth-order valence-electron chi connectivity index (χ4n) is 3.49. The fourth-order valence-corrected chi connectivity index (χ4v) is 3.49. The Bertz CT molecular complexity index is 852. The third-order valence-electron chi connectivity index (χ3n) is 5.13. The molecular formula is C24H32N4O2. The zero-order valence-corrected chi connectivity index (χ0v) is 18.0. The normalized spacial score (nSPS) is 12.8. The second kappa shape index (κ2) is 11.2. The lowest BCUT2D eigenvalue weighted by Crippen LogP contribution is -2.40. The van der Waals surface area contributed by atoms with Crippen LogP contribution in [-0.2, 0) is 24.2 Å². The summed E-state index contributed by atoms with van der Waals surface area (Å²) in [7, 11) is 0. The molecule has 0 radical (unpaired) electrons. The largest absolute Gasteiger partial charge is 0.493 e. The van der Waals surface area contributed by atoms with Crippen LogP contribution in [0.5, 0.6) is 5.75 Å². The number of rotatable bonds is 9. The van der Waals surface area contributed by atoms with Gasteiger partial charge in [-0.15, -0.1) is 0 Å². The van der Waals surface area contributed by atoms with Crippen molar-refractivity contribution in [3.8, 4) is 5.75 Å². The van der Waals surface area contributed by atoms with Crippen LogP contribution in [0.2, 0.25) is 0 Å². The van der Waals surface area contributed by atoms with E-state index in [-0.39, 0.29) is 12.5 Å². The summed E-state index contributed by atoms with van der Waals surface area (Å²) in [5.41, 5.74) is 3.69. The number of benzene rings is 2. The van der Waals surface area contributed by atoms with E-state index in [0.29, 0.717) is 19.0 Å². The SMILES string of the molecule is CCNC(=NCC(=O)N(CC)Cc1ccccc1)NCCc1ccc2c(c1)CCO2. The second-order valence-electron chi connectivity index (χ2n) is 7.31. The van der Waals surface area contributed by atoms with E-state index in [2.05, 4.69) is 33.8 Å². The third-order valence-corrected chi connectivity index (χ3v) is 5.13. The Labute approximate surface area is 179 Å². The van der Waals surface area contributed by atoms with Crippen LogP contribution in [-0.4, -0.2) is 49.6 Å². The molecule has 6 nitrogen and oxygen atoms in total. The van der Waals surface area contributed by atoms with Gasteiger partial charge < -0.3 is 20.3 Å². The predicted octanol–water partition coefficient (Wildman–Crippen LogP) is 2.77. The number of amides is 1. The van der Waals surface area contributed by atoms with Crippen molar-refractivity contribution >= 4 is 11.9 Å². The number of carbonyl (C=O) groups is 1. The minimum atomic E-state index is 0.0252. The summed E-state index contributed by atoms with van der Waals surface area (Å²) in [6.07, 6.45) is 1.88. The summed E-state index contributed by atoms with van der Waals surface area (Å²) in [4.78, 5) is 19.0. The van der Waals surface area contributed by atoms with Gasteiger partial charge in [0, 0.05) is 32.6 Å². The van der Waals surface area contributed by atoms with Crippen molar-refractivity contribution in [1.29, 1.82) is 0 Å². The van der Waals surface area contributed by atoms with Gasteiger partial charge in [0.05, 0.1) is 6.61 Å². The molecule has 0 saturated heterocycles. The molecule has 3 rings (SSSR count). The molecule has 6 heteroatoms. The van der Waals surface area contributed by atoms with Crippen molar-refractivity contribution in [3.63, 3.8) is 0 Å². The van der Waals surface area contributed by atoms with Crippen LogP contribution < -0.4 is 15.4 Å². The molecule has 0 aromatic heterocycles. The molecule has 2 N–H and O–H groups in total. The molecule has 1 heterocycles. The Kier molecular flexibility index (Phi) is 8.12. The first-order valence-corrected chi connectivity index (χ1v) is 10.8. The molecule has 0 saturated carbocycles. The number of fused-ring (bicyclic) bond motifs is 1. The Morgan fingerprint density at radius 2 is 1.93 bits per heavy atom. The van der Waals surface area contributed by atoms with E-state index in [1.165, 1.54) is 11.1 Å². The van der Waals surface area contributed by atoms with E-state index in [1.807, 2.05) is 49.1 Å². The molecule has 160 valence electrons. The van der Waals surface area contributed by atoms with Crippen LogP contribution in [0.1, 0.15) is 30.5 Å². The highest BCUT2D eigenvalue weighted by molar-refractivity contribution is 5.85. The highest BCUT2D eigenvalue weighted by atomic mass is 16.5. The first-order valence-electron chi connectivity index (χ1n) is 10.8. The second-order valence-corrected chi connectivity index (χ2v) is 7.31. The lowest BCUT2D eigenvalue weighted by atomic mass is 10.1. The molecule has 1 aliphatic heterocycles. The number of nitrogens with one attached hydrogen (secondary N) is 2. The van der Waals surface area contributed by atoms with Crippen LogP contribution in [0.4, 0.5) is 0 Å². The van der Waals surface area contributed by atoms with Crippen LogP contribution in [0.3, 0.4) is 0 Å². The first kappa shape index (κ1) is 21.7. The fraction of sp³-hybridized carbons (Fsp3) is 0.417. The van der Waals surface area contributed by atoms with Crippen molar-refractivity contribution in [2.45, 2.75) is 33.2 Å². The maximum Gasteiger partial charge on any atom is 0.244 e. The van der Waals surface area contributed by atoms with Gasteiger partial charge in [-0.2, -0.15) is 0 Å². The maximum absolute atomic E-state index is 12.6. The van der Waals surface area contributed by atoms with E-state index < -0.39 is 0 Å². The molecule has 0 spiro atoms. The van der Waals surface area contributed by atoms with Gasteiger partial charge in [-0.3, -0.25) is 4.79 Å². The molecule has 2 aromatic carbocycles. The summed E-state index contributed by atoms with van der Waals surface area (Å²) in [5.74, 6) is 1.71. The highest BCUT2D eigenvalue weighted by Crippen LogP contribution is 2.25. The van der Waals surface area contributed by atoms with Crippen molar-refractivity contribution in [3.05, 3.63) is 65.2 Å². The Morgan fingerprint density at radius 3 is 2.70 bits per heavy atom. The van der Waals surface area contributed by atoms with Crippen LogP contribution in [0, 0.1) is 0 Å². The van der Waals surface area contributed by atoms with Crippen molar-refractivity contribution in [2.75, 3.05) is 32.8 Å². The summed E-state index contributed by atoms with van der Waals surface area (Å²) >= 11 is 0. The van der Waals surface area contributed by atoms with E-state index in [9.17, 15) is 4.79 Å². The molecule has 30 heavy (non-hydrogen) atoms. The highest BCUT2D eigenvalue weighted by Gasteiger charge is 2.13. The van der Waals surface area contributed by atoms with Crippen LogP contribution >= 0.6 is 0 Å². The molecule has 0 atom stereocenters. The van der Waals surface area contributed by atoms with Crippen molar-refractivity contribution in [2.24, 2.45) is 4.99 Å². The Morgan fingerprint density at radius 1 is 1.10 bits per heavy atom. The number of hydrogen-bond acceptors (Lipinski definition) is 3. The molecule has 1 aliphatic rings. The zero-order chi connectivity index (χ0) is 21.2. The summed E-state index contributed by atoms with van der Waals surface area (Å²) in [6.45, 7) is 7.70. The number of carbonyl (C=O) groups excluding carboxylic acids is 1. The predicted molar refractivity (Wildman–Crippen MR) is 121 cm³/mol. The van der Waals surface area contributed by atoms with Gasteiger partial charge in [-0.05, 0) is 43.0 Å². The molecule has 0 fully saturated rings. The number of guanidine groups is 1. The summed E-state index contributed by atoms with van der Waals surface area (Å²) in [6, 6.07) is 16.4. The van der Waals surface area contributed by atoms with E-state index in [0.717, 1.165) is 43.9 Å². The van der Waals surface area contributed by atoms with E-state index in [4.69, 9.17) is 4.74 Å². The van der Waals surface area contributed by atoms with Crippen LogP contribution in [0.15, 0.2) is 53.5 Å². The lowest BCUT2D eigenvalue weighted by molar-refractivity contribution is -0.130. The average molecular weight is 409 g/mol. The number of nitrogens with zero attached hydrogens (tertiary/aromatic N) is 2. The van der Waals surface area contributed by atoms with Gasteiger partial charge in [0.25, 0.3) is 0 Å². The van der Waals surface area contributed by atoms with Crippen molar-refractivity contribution in [1.82, 2.24) is 15.5 Å². The molecule has 0 unspecified atom stereocenters. The topological polar surface area (TPSA) is 66.0 Å². The molecule has 0 aliphatic carbocycles. The summed E-state index contributed by atoms with van der Waals surface area (Å²) in [5, 5.41) is 6.56. The molecule has 1 amide bonds. The Hall–Kier alpha value is -3.02. The van der Waals surface area contributed by atoms with E-state index in [1.54, 1.807) is 0 Å². The van der Waals surface area contributed by atoms with Gasteiger partial charge >= 0.3 is 0 Å². The monoisotopic (exact) mass is 408 g/mol.